The predicted molar refractivity (Wildman–Crippen MR) is 155 cm³/mol. The molecule has 1 aliphatic rings. The number of hydrogen-bond donors (Lipinski definition) is 2. The average molecular weight is 576 g/mol. The van der Waals surface area contributed by atoms with E-state index in [9.17, 15) is 29.6 Å². The molecule has 1 aliphatic carbocycles. The van der Waals surface area contributed by atoms with Crippen LogP contribution in [-0.4, -0.2) is 38.4 Å². The fraction of sp³-hybridized carbons (Fsp3) is 0.241. The number of Topliss-reactive ketones (excluding diaryl/α,β-unsaturated/α-hetero) is 1. The first-order chi connectivity index (χ1) is 19.3. The third kappa shape index (κ3) is 6.21. The third-order valence-corrected chi connectivity index (χ3v) is 9.11. The van der Waals surface area contributed by atoms with Crippen molar-refractivity contribution in [2.45, 2.75) is 42.4 Å². The number of carbonyl (C=O) groups excluding carboxylic acids is 2. The van der Waals surface area contributed by atoms with Crippen LogP contribution in [0.5, 0.6) is 0 Å². The molecule has 2 N–H and O–H groups in total. The highest BCUT2D eigenvalue weighted by Crippen LogP contribution is 2.34. The second-order valence-electron chi connectivity index (χ2n) is 9.58. The van der Waals surface area contributed by atoms with E-state index in [2.05, 4.69) is 22.4 Å². The van der Waals surface area contributed by atoms with Crippen molar-refractivity contribution in [1.82, 2.24) is 4.98 Å². The van der Waals surface area contributed by atoms with E-state index in [0.29, 0.717) is 27.0 Å². The lowest BCUT2D eigenvalue weighted by Gasteiger charge is -2.22. The van der Waals surface area contributed by atoms with Gasteiger partial charge in [-0.3, -0.25) is 19.7 Å². The van der Waals surface area contributed by atoms with Gasteiger partial charge in [-0.25, -0.2) is 9.78 Å². The van der Waals surface area contributed by atoms with E-state index in [1.165, 1.54) is 60.8 Å². The maximum atomic E-state index is 12.8. The lowest BCUT2D eigenvalue weighted by Crippen LogP contribution is -2.16. The fourth-order valence-electron chi connectivity index (χ4n) is 4.85. The molecule has 0 radical (unpaired) electrons. The number of carboxylic acid groups (broad SMARTS) is 1. The van der Waals surface area contributed by atoms with Gasteiger partial charge in [-0.2, -0.15) is 0 Å². The van der Waals surface area contributed by atoms with Gasteiger partial charge in [-0.05, 0) is 48.6 Å². The van der Waals surface area contributed by atoms with Crippen LogP contribution in [0.15, 0.2) is 65.0 Å². The number of amides is 1. The number of nitrogens with zero attached hydrogens (tertiary/aromatic N) is 2. The van der Waals surface area contributed by atoms with Crippen LogP contribution >= 0.6 is 23.1 Å². The lowest BCUT2D eigenvalue weighted by molar-refractivity contribution is -0.384. The number of benzene rings is 3. The zero-order chi connectivity index (χ0) is 28.2. The van der Waals surface area contributed by atoms with Crippen molar-refractivity contribution in [1.29, 1.82) is 0 Å². The van der Waals surface area contributed by atoms with Gasteiger partial charge in [-0.1, -0.05) is 55.3 Å². The Morgan fingerprint density at radius 2 is 1.75 bits per heavy atom. The monoisotopic (exact) mass is 575 g/mol. The summed E-state index contributed by atoms with van der Waals surface area (Å²) in [6, 6.07) is 16.1. The number of nitrogens with one attached hydrogen (secondary N) is 1. The number of anilines is 1. The fourth-order valence-corrected chi connectivity index (χ4v) is 6.85. The summed E-state index contributed by atoms with van der Waals surface area (Å²) >= 11 is 2.74. The Kier molecular flexibility index (Phi) is 8.22. The molecular formula is C29H25N3O6S2. The summed E-state index contributed by atoms with van der Waals surface area (Å²) in [7, 11) is 0. The molecule has 0 atom stereocenters. The third-order valence-electron chi connectivity index (χ3n) is 6.95. The van der Waals surface area contributed by atoms with Crippen LogP contribution in [0.1, 0.15) is 74.7 Å². The van der Waals surface area contributed by atoms with Gasteiger partial charge in [-0.15, -0.1) is 11.3 Å². The first kappa shape index (κ1) is 27.5. The van der Waals surface area contributed by atoms with Crippen LogP contribution in [0.2, 0.25) is 0 Å². The van der Waals surface area contributed by atoms with E-state index in [-0.39, 0.29) is 17.1 Å². The highest BCUT2D eigenvalue weighted by Gasteiger charge is 2.21. The molecule has 0 saturated heterocycles. The molecule has 9 nitrogen and oxygen atoms in total. The molecule has 1 heterocycles. The van der Waals surface area contributed by atoms with Gasteiger partial charge in [0.25, 0.3) is 11.6 Å². The Balaban J connectivity index is 1.23. The summed E-state index contributed by atoms with van der Waals surface area (Å²) < 4.78 is 1.50. The molecule has 0 spiro atoms. The Bertz CT molecular complexity index is 1610. The first-order valence-corrected chi connectivity index (χ1v) is 14.6. The van der Waals surface area contributed by atoms with Crippen LogP contribution < -0.4 is 5.32 Å². The Hall–Kier alpha value is -4.09. The summed E-state index contributed by atoms with van der Waals surface area (Å²) in [5.74, 6) is -1.26. The second kappa shape index (κ2) is 12.0. The van der Waals surface area contributed by atoms with Gasteiger partial charge in [0.15, 0.2) is 10.1 Å². The summed E-state index contributed by atoms with van der Waals surface area (Å²) in [5, 5.41) is 23.1. The maximum Gasteiger partial charge on any atom is 0.336 e. The summed E-state index contributed by atoms with van der Waals surface area (Å²) in [4.78, 5) is 52.0. The van der Waals surface area contributed by atoms with Crippen molar-refractivity contribution in [3.05, 3.63) is 93.0 Å². The molecule has 1 fully saturated rings. The van der Waals surface area contributed by atoms with Gasteiger partial charge in [0.2, 0.25) is 0 Å². The predicted octanol–water partition coefficient (Wildman–Crippen LogP) is 7.18. The highest BCUT2D eigenvalue weighted by molar-refractivity contribution is 8.01. The quantitative estimate of drug-likeness (QED) is 0.0926. The van der Waals surface area contributed by atoms with Crippen molar-refractivity contribution < 1.29 is 24.4 Å². The number of carboxylic acids is 1. The van der Waals surface area contributed by atoms with Gasteiger partial charge in [0.05, 0.1) is 32.0 Å². The van der Waals surface area contributed by atoms with E-state index in [1.54, 1.807) is 18.2 Å². The molecule has 204 valence electrons. The Morgan fingerprint density at radius 3 is 2.45 bits per heavy atom. The number of rotatable bonds is 9. The van der Waals surface area contributed by atoms with Gasteiger partial charge >= 0.3 is 5.97 Å². The number of thiazole rings is 1. The zero-order valence-corrected chi connectivity index (χ0v) is 22.9. The van der Waals surface area contributed by atoms with E-state index < -0.39 is 28.1 Å². The molecule has 0 bridgehead atoms. The average Bonchev–Trinajstić information content (AvgIpc) is 3.38. The largest absolute Gasteiger partial charge is 0.478 e. The van der Waals surface area contributed by atoms with Crippen LogP contribution in [0.25, 0.3) is 10.2 Å². The molecule has 3 aromatic carbocycles. The highest BCUT2D eigenvalue weighted by atomic mass is 32.2. The van der Waals surface area contributed by atoms with Crippen LogP contribution in [-0.2, 0) is 0 Å². The molecule has 0 unspecified atom stereocenters. The second-order valence-corrected chi connectivity index (χ2v) is 11.8. The number of ketones is 1. The number of hydrogen-bond acceptors (Lipinski definition) is 8. The summed E-state index contributed by atoms with van der Waals surface area (Å²) in [5.41, 5.74) is 2.05. The van der Waals surface area contributed by atoms with Gasteiger partial charge < -0.3 is 10.4 Å². The van der Waals surface area contributed by atoms with Crippen LogP contribution in [0, 0.1) is 10.1 Å². The van der Waals surface area contributed by atoms with Crippen LogP contribution in [0.3, 0.4) is 0 Å². The number of nitro benzene ring substituents is 1. The van der Waals surface area contributed by atoms with E-state index in [0.717, 1.165) is 22.9 Å². The molecule has 1 amide bonds. The number of aromatic nitrogens is 1. The van der Waals surface area contributed by atoms with Gasteiger partial charge in [0, 0.05) is 23.4 Å². The topological polar surface area (TPSA) is 140 Å². The molecule has 11 heteroatoms. The van der Waals surface area contributed by atoms with Crippen molar-refractivity contribution >= 4 is 62.3 Å². The zero-order valence-electron chi connectivity index (χ0n) is 21.3. The van der Waals surface area contributed by atoms with Crippen molar-refractivity contribution in [2.75, 3.05) is 11.1 Å². The van der Waals surface area contributed by atoms with Gasteiger partial charge in [0.1, 0.15) is 0 Å². The number of carbonyl (C=O) groups is 3. The van der Waals surface area contributed by atoms with E-state index in [4.69, 9.17) is 0 Å². The molecule has 1 aromatic heterocycles. The maximum absolute atomic E-state index is 12.8. The molecule has 0 aliphatic heterocycles. The minimum Gasteiger partial charge on any atom is -0.478 e. The number of non-ortho nitro benzene ring substituents is 1. The normalized spacial score (nSPS) is 13.7. The van der Waals surface area contributed by atoms with Crippen molar-refractivity contribution in [2.24, 2.45) is 0 Å². The summed E-state index contributed by atoms with van der Waals surface area (Å²) in [6.45, 7) is 0. The number of thioether (sulfide) groups is 1. The smallest absolute Gasteiger partial charge is 0.336 e. The Morgan fingerprint density at radius 1 is 1.00 bits per heavy atom. The minimum atomic E-state index is -1.44. The van der Waals surface area contributed by atoms with E-state index >= 15 is 0 Å². The number of fused-ring (bicyclic) bond motifs is 1. The Labute approximate surface area is 237 Å². The lowest BCUT2D eigenvalue weighted by atomic mass is 9.84. The van der Waals surface area contributed by atoms with E-state index in [1.807, 2.05) is 12.1 Å². The standard InChI is InChI=1S/C29H25N3O6S2/c33-25(19-8-6-18(7-9-19)17-4-2-1-3-5-17)16-39-29-31-24-13-10-20(14-26(24)40-29)30-27(34)22-12-11-21(32(37)38)15-23(22)28(35)36/h6-15,17H,1-5,16H2,(H,30,34)(H,35,36). The minimum absolute atomic E-state index is 0.0322. The van der Waals surface area contributed by atoms with Crippen molar-refractivity contribution in [3.8, 4) is 0 Å². The molecule has 40 heavy (non-hydrogen) atoms. The van der Waals surface area contributed by atoms with Crippen LogP contribution in [0.4, 0.5) is 11.4 Å². The first-order valence-electron chi connectivity index (χ1n) is 12.8. The summed E-state index contributed by atoms with van der Waals surface area (Å²) in [6.07, 6.45) is 6.27. The molecule has 1 saturated carbocycles. The number of aromatic carboxylic acids is 1. The SMILES string of the molecule is O=C(CSc1nc2ccc(NC(=O)c3ccc([N+](=O)[O-])cc3C(=O)O)cc2s1)c1ccc(C2CCCCC2)cc1. The van der Waals surface area contributed by atoms with Crippen molar-refractivity contribution in [3.63, 3.8) is 0 Å². The molecular weight excluding hydrogens is 550 g/mol. The molecule has 5 rings (SSSR count). The number of nitro groups is 1. The molecule has 4 aromatic rings.